The van der Waals surface area contributed by atoms with Crippen LogP contribution in [0.2, 0.25) is 0 Å². The van der Waals surface area contributed by atoms with Gasteiger partial charge in [0.15, 0.2) is 11.3 Å². The van der Waals surface area contributed by atoms with Crippen molar-refractivity contribution in [2.24, 2.45) is 0 Å². The van der Waals surface area contributed by atoms with Gasteiger partial charge in [0.2, 0.25) is 0 Å². The maximum atomic E-state index is 11.8. The van der Waals surface area contributed by atoms with E-state index in [1.54, 1.807) is 23.1 Å². The molecule has 0 radical (unpaired) electrons. The highest BCUT2D eigenvalue weighted by Gasteiger charge is 2.08. The molecular formula is C15H10N6O. The van der Waals surface area contributed by atoms with Gasteiger partial charge in [-0.15, -0.1) is 0 Å². The largest absolute Gasteiger partial charge is 0.311 e. The highest BCUT2D eigenvalue weighted by molar-refractivity contribution is 5.76. The third-order valence-electron chi connectivity index (χ3n) is 3.25. The fourth-order valence-electron chi connectivity index (χ4n) is 2.18. The molecule has 0 spiro atoms. The Morgan fingerprint density at radius 2 is 2.05 bits per heavy atom. The van der Waals surface area contributed by atoms with Crippen LogP contribution in [0.15, 0.2) is 60.0 Å². The van der Waals surface area contributed by atoms with E-state index in [4.69, 9.17) is 0 Å². The summed E-state index contributed by atoms with van der Waals surface area (Å²) in [6, 6.07) is 9.18. The number of rotatable bonds is 2. The fraction of sp³-hybridized carbons (Fsp3) is 0. The van der Waals surface area contributed by atoms with Crippen molar-refractivity contribution in [3.8, 4) is 17.1 Å². The van der Waals surface area contributed by atoms with Gasteiger partial charge in [-0.3, -0.25) is 4.79 Å². The second kappa shape index (κ2) is 4.88. The minimum Gasteiger partial charge on any atom is -0.311 e. The van der Waals surface area contributed by atoms with E-state index in [0.717, 1.165) is 5.56 Å². The van der Waals surface area contributed by atoms with Crippen LogP contribution in [-0.2, 0) is 0 Å². The average molecular weight is 290 g/mol. The van der Waals surface area contributed by atoms with Crippen molar-refractivity contribution in [1.29, 1.82) is 0 Å². The van der Waals surface area contributed by atoms with Crippen LogP contribution in [0.25, 0.3) is 28.1 Å². The van der Waals surface area contributed by atoms with Crippen molar-refractivity contribution in [2.45, 2.75) is 0 Å². The zero-order chi connectivity index (χ0) is 14.9. The number of pyridine rings is 2. The minimum atomic E-state index is -0.260. The summed E-state index contributed by atoms with van der Waals surface area (Å²) in [5, 5.41) is 4.28. The van der Waals surface area contributed by atoms with E-state index in [9.17, 15) is 4.79 Å². The first-order valence-electron chi connectivity index (χ1n) is 6.62. The number of aromatic amines is 1. The molecule has 0 bridgehead atoms. The van der Waals surface area contributed by atoms with Crippen molar-refractivity contribution < 1.29 is 0 Å². The Morgan fingerprint density at radius 3 is 2.91 bits per heavy atom. The van der Waals surface area contributed by atoms with Gasteiger partial charge in [-0.2, -0.15) is 5.10 Å². The third-order valence-corrected chi connectivity index (χ3v) is 3.25. The number of nitrogens with one attached hydrogen (secondary N) is 1. The lowest BCUT2D eigenvalue weighted by Gasteiger charge is -1.99. The van der Waals surface area contributed by atoms with Crippen LogP contribution in [0.4, 0.5) is 0 Å². The van der Waals surface area contributed by atoms with Gasteiger partial charge in [0.1, 0.15) is 0 Å². The smallest absolute Gasteiger partial charge is 0.277 e. The van der Waals surface area contributed by atoms with E-state index < -0.39 is 0 Å². The Labute approximate surface area is 124 Å². The molecule has 0 aliphatic carbocycles. The van der Waals surface area contributed by atoms with Gasteiger partial charge in [-0.25, -0.2) is 19.6 Å². The predicted molar refractivity (Wildman–Crippen MR) is 80.5 cm³/mol. The van der Waals surface area contributed by atoms with Crippen LogP contribution in [0.5, 0.6) is 0 Å². The second-order valence-corrected chi connectivity index (χ2v) is 4.66. The van der Waals surface area contributed by atoms with Crippen molar-refractivity contribution in [2.75, 3.05) is 0 Å². The van der Waals surface area contributed by atoms with Gasteiger partial charge in [-0.1, -0.05) is 6.07 Å². The Kier molecular flexibility index (Phi) is 2.75. The average Bonchev–Trinajstić information content (AvgIpc) is 3.06. The summed E-state index contributed by atoms with van der Waals surface area (Å²) in [4.78, 5) is 27.0. The molecule has 4 aromatic rings. The lowest BCUT2D eigenvalue weighted by molar-refractivity contribution is 0.847. The molecule has 4 heterocycles. The molecule has 0 fully saturated rings. The zero-order valence-corrected chi connectivity index (χ0v) is 11.3. The molecule has 4 aromatic heterocycles. The lowest BCUT2D eigenvalue weighted by atomic mass is 10.2. The molecule has 22 heavy (non-hydrogen) atoms. The van der Waals surface area contributed by atoms with E-state index in [2.05, 4.69) is 25.0 Å². The summed E-state index contributed by atoms with van der Waals surface area (Å²) in [6.45, 7) is 0. The molecule has 0 saturated carbocycles. The predicted octanol–water partition coefficient (Wildman–Crippen LogP) is 1.57. The van der Waals surface area contributed by atoms with Gasteiger partial charge in [0, 0.05) is 18.0 Å². The van der Waals surface area contributed by atoms with Crippen molar-refractivity contribution in [3.63, 3.8) is 0 Å². The Bertz CT molecular complexity index is 1010. The molecule has 0 unspecified atom stereocenters. The highest BCUT2D eigenvalue weighted by atomic mass is 16.1. The van der Waals surface area contributed by atoms with Crippen molar-refractivity contribution >= 4 is 11.0 Å². The minimum absolute atomic E-state index is 0.260. The molecule has 0 atom stereocenters. The van der Waals surface area contributed by atoms with Gasteiger partial charge < -0.3 is 4.98 Å². The van der Waals surface area contributed by atoms with Crippen molar-refractivity contribution in [1.82, 2.24) is 29.7 Å². The molecule has 4 rings (SSSR count). The Hall–Kier alpha value is -3.35. The summed E-state index contributed by atoms with van der Waals surface area (Å²) in [7, 11) is 0. The first-order valence-corrected chi connectivity index (χ1v) is 6.62. The molecule has 0 aromatic carbocycles. The van der Waals surface area contributed by atoms with Crippen LogP contribution in [0, 0.1) is 0 Å². The number of hydrogen-bond acceptors (Lipinski definition) is 5. The second-order valence-electron chi connectivity index (χ2n) is 4.66. The van der Waals surface area contributed by atoms with Crippen molar-refractivity contribution in [3.05, 3.63) is 65.6 Å². The van der Waals surface area contributed by atoms with Crippen LogP contribution in [-0.4, -0.2) is 29.7 Å². The lowest BCUT2D eigenvalue weighted by Crippen LogP contribution is -2.08. The highest BCUT2D eigenvalue weighted by Crippen LogP contribution is 2.19. The van der Waals surface area contributed by atoms with E-state index in [0.29, 0.717) is 22.5 Å². The van der Waals surface area contributed by atoms with Gasteiger partial charge in [0.05, 0.1) is 23.7 Å². The Morgan fingerprint density at radius 1 is 1.09 bits per heavy atom. The SMILES string of the molecule is O=c1[nH]cnc2ccc(-c3cnn(-c4ccccn4)c3)nc12. The molecule has 7 heteroatoms. The topological polar surface area (TPSA) is 89.4 Å². The van der Waals surface area contributed by atoms with Crippen LogP contribution >= 0.6 is 0 Å². The summed E-state index contributed by atoms with van der Waals surface area (Å²) in [5.74, 6) is 0.717. The van der Waals surface area contributed by atoms with E-state index in [1.165, 1.54) is 6.33 Å². The van der Waals surface area contributed by atoms with Crippen LogP contribution in [0.1, 0.15) is 0 Å². The summed E-state index contributed by atoms with van der Waals surface area (Å²) >= 11 is 0. The van der Waals surface area contributed by atoms with Gasteiger partial charge in [0.25, 0.3) is 5.56 Å². The molecule has 7 nitrogen and oxygen atoms in total. The molecule has 0 amide bonds. The molecule has 106 valence electrons. The number of nitrogens with zero attached hydrogens (tertiary/aromatic N) is 5. The molecule has 1 N–H and O–H groups in total. The van der Waals surface area contributed by atoms with Gasteiger partial charge >= 0.3 is 0 Å². The number of hydrogen-bond donors (Lipinski definition) is 1. The summed E-state index contributed by atoms with van der Waals surface area (Å²) < 4.78 is 1.66. The van der Waals surface area contributed by atoms with E-state index >= 15 is 0 Å². The van der Waals surface area contributed by atoms with Gasteiger partial charge in [-0.05, 0) is 24.3 Å². The zero-order valence-electron chi connectivity index (χ0n) is 11.3. The van der Waals surface area contributed by atoms with E-state index in [-0.39, 0.29) is 5.56 Å². The third kappa shape index (κ3) is 2.05. The monoisotopic (exact) mass is 290 g/mol. The normalized spacial score (nSPS) is 10.9. The molecule has 0 aliphatic rings. The molecule has 0 saturated heterocycles. The van der Waals surface area contributed by atoms with Crippen LogP contribution in [0.3, 0.4) is 0 Å². The fourth-order valence-corrected chi connectivity index (χ4v) is 2.18. The first kappa shape index (κ1) is 12.4. The van der Waals surface area contributed by atoms with Crippen LogP contribution < -0.4 is 5.56 Å². The van der Waals surface area contributed by atoms with E-state index in [1.807, 2.05) is 30.5 Å². The number of aromatic nitrogens is 6. The summed E-state index contributed by atoms with van der Waals surface area (Å²) in [6.07, 6.45) is 6.58. The summed E-state index contributed by atoms with van der Waals surface area (Å²) in [5.41, 5.74) is 2.07. The molecular weight excluding hydrogens is 280 g/mol. The number of fused-ring (bicyclic) bond motifs is 1. The first-order chi connectivity index (χ1) is 10.8. The standard InChI is InChI=1S/C15H10N6O/c22-15-14-12(17-9-18-15)5-4-11(20-14)10-7-19-21(8-10)13-3-1-2-6-16-13/h1-9H,(H,17,18,22). The quantitative estimate of drug-likeness (QED) is 0.605. The molecule has 0 aliphatic heterocycles. The maximum absolute atomic E-state index is 11.8. The number of H-pyrrole nitrogens is 1. The Balaban J connectivity index is 1.81. The maximum Gasteiger partial charge on any atom is 0.277 e.